The molecule has 9 nitrogen and oxygen atoms in total. The lowest BCUT2D eigenvalue weighted by molar-refractivity contribution is 0.0282. The van der Waals surface area contributed by atoms with E-state index in [9.17, 15) is 14.4 Å². The summed E-state index contributed by atoms with van der Waals surface area (Å²) in [6, 6.07) is 16.3. The van der Waals surface area contributed by atoms with Gasteiger partial charge in [-0.15, -0.1) is 0 Å². The second-order valence-corrected chi connectivity index (χ2v) is 8.00. The number of carbonyl (C=O) groups is 3. The number of esters is 1. The fourth-order valence-corrected chi connectivity index (χ4v) is 4.21. The maximum Gasteiger partial charge on any atom is 0.340 e. The van der Waals surface area contributed by atoms with Crippen molar-refractivity contribution >= 4 is 28.8 Å². The van der Waals surface area contributed by atoms with Gasteiger partial charge in [0.25, 0.3) is 11.8 Å². The molecule has 5 rings (SSSR count). The Labute approximate surface area is 200 Å². The van der Waals surface area contributed by atoms with Crippen LogP contribution in [0.1, 0.15) is 36.8 Å². The van der Waals surface area contributed by atoms with Crippen LogP contribution in [0.4, 0.5) is 0 Å². The zero-order valence-corrected chi connectivity index (χ0v) is 19.0. The average Bonchev–Trinajstić information content (AvgIpc) is 3.43. The third-order valence-corrected chi connectivity index (χ3v) is 5.84. The first-order valence-electron chi connectivity index (χ1n) is 11.2. The van der Waals surface area contributed by atoms with Gasteiger partial charge in [0.15, 0.2) is 5.65 Å². The number of nitrogens with zero attached hydrogens (tertiary/aromatic N) is 3. The molecule has 35 heavy (non-hydrogen) atoms. The first kappa shape index (κ1) is 22.4. The molecule has 1 N–H and O–H groups in total. The summed E-state index contributed by atoms with van der Waals surface area (Å²) >= 11 is 0. The minimum absolute atomic E-state index is 0.0119. The number of rotatable bonds is 8. The van der Waals surface area contributed by atoms with Gasteiger partial charge in [0, 0.05) is 10.9 Å². The van der Waals surface area contributed by atoms with Crippen molar-refractivity contribution in [2.24, 2.45) is 0 Å². The summed E-state index contributed by atoms with van der Waals surface area (Å²) in [7, 11) is 0. The first-order chi connectivity index (χ1) is 17.1. The van der Waals surface area contributed by atoms with Crippen molar-refractivity contribution in [2.75, 3.05) is 26.4 Å². The van der Waals surface area contributed by atoms with Gasteiger partial charge in [-0.25, -0.2) is 9.78 Å². The lowest BCUT2D eigenvalue weighted by atomic mass is 9.96. The molecule has 0 radical (unpaired) electrons. The molecule has 0 aliphatic carbocycles. The second kappa shape index (κ2) is 9.47. The normalized spacial score (nSPS) is 12.9. The number of aryl methyl sites for hydroxylation is 1. The van der Waals surface area contributed by atoms with Crippen LogP contribution in [0.25, 0.3) is 22.2 Å². The maximum absolute atomic E-state index is 13.0. The van der Waals surface area contributed by atoms with Crippen molar-refractivity contribution in [3.63, 3.8) is 0 Å². The van der Waals surface area contributed by atoms with E-state index in [2.05, 4.69) is 15.2 Å². The molecule has 0 saturated heterocycles. The highest BCUT2D eigenvalue weighted by atomic mass is 16.6. The molecule has 2 aromatic heterocycles. The molecule has 0 bridgehead atoms. The van der Waals surface area contributed by atoms with Gasteiger partial charge in [-0.1, -0.05) is 42.5 Å². The number of imide groups is 1. The largest absolute Gasteiger partial charge is 0.460 e. The summed E-state index contributed by atoms with van der Waals surface area (Å²) in [6.07, 6.45) is 1.64. The summed E-state index contributed by atoms with van der Waals surface area (Å²) in [5.41, 5.74) is 3.85. The number of amides is 2. The van der Waals surface area contributed by atoms with Gasteiger partial charge in [0.2, 0.25) is 0 Å². The zero-order valence-electron chi connectivity index (χ0n) is 19.0. The standard InChI is InChI=1S/C26H22N4O5/c1-16-21(22(17-7-3-2-4-8-17)20-15-27-29-23(20)28-16)26(33)35-14-13-34-12-11-30-24(31)18-9-5-6-10-19(18)25(30)32/h2-10,15H,11-14H2,1H3,(H,27,28,29). The number of nitrogens with one attached hydrogen (secondary N) is 1. The molecular formula is C26H22N4O5. The quantitative estimate of drug-likeness (QED) is 0.238. The van der Waals surface area contributed by atoms with Crippen LogP contribution in [-0.4, -0.2) is 64.2 Å². The fourth-order valence-electron chi connectivity index (χ4n) is 4.21. The van der Waals surface area contributed by atoms with Crippen molar-refractivity contribution in [1.82, 2.24) is 20.1 Å². The van der Waals surface area contributed by atoms with Crippen LogP contribution in [0.15, 0.2) is 60.8 Å². The SMILES string of the molecule is Cc1nc2[nH]ncc2c(-c2ccccc2)c1C(=O)OCCOCCN1C(=O)c2ccccc2C1=O. The number of aromatic amines is 1. The molecule has 0 fully saturated rings. The third kappa shape index (κ3) is 4.17. The van der Waals surface area contributed by atoms with Gasteiger partial charge in [-0.2, -0.15) is 5.10 Å². The topological polar surface area (TPSA) is 114 Å². The van der Waals surface area contributed by atoms with E-state index in [0.717, 1.165) is 15.8 Å². The van der Waals surface area contributed by atoms with Crippen molar-refractivity contribution in [1.29, 1.82) is 0 Å². The molecule has 2 amide bonds. The lowest BCUT2D eigenvalue weighted by Gasteiger charge is -2.15. The van der Waals surface area contributed by atoms with Gasteiger partial charge in [-0.3, -0.25) is 19.6 Å². The van der Waals surface area contributed by atoms with Crippen molar-refractivity contribution < 1.29 is 23.9 Å². The molecule has 1 aliphatic heterocycles. The monoisotopic (exact) mass is 470 g/mol. The lowest BCUT2D eigenvalue weighted by Crippen LogP contribution is -2.33. The highest BCUT2D eigenvalue weighted by Crippen LogP contribution is 2.32. The predicted octanol–water partition coefficient (Wildman–Crippen LogP) is 3.40. The molecule has 0 spiro atoms. The number of hydrogen-bond donors (Lipinski definition) is 1. The van der Waals surface area contributed by atoms with Crippen LogP contribution in [-0.2, 0) is 9.47 Å². The zero-order chi connectivity index (χ0) is 24.4. The number of H-pyrrole nitrogens is 1. The summed E-state index contributed by atoms with van der Waals surface area (Å²) < 4.78 is 11.0. The second-order valence-electron chi connectivity index (χ2n) is 8.00. The third-order valence-electron chi connectivity index (χ3n) is 5.84. The van der Waals surface area contributed by atoms with E-state index in [1.165, 1.54) is 0 Å². The minimum Gasteiger partial charge on any atom is -0.460 e. The molecule has 1 aliphatic rings. The van der Waals surface area contributed by atoms with Gasteiger partial charge >= 0.3 is 5.97 Å². The van der Waals surface area contributed by atoms with Crippen molar-refractivity contribution in [3.05, 3.63) is 83.2 Å². The molecule has 176 valence electrons. The first-order valence-corrected chi connectivity index (χ1v) is 11.2. The molecule has 0 unspecified atom stereocenters. The molecule has 9 heteroatoms. The number of carbonyl (C=O) groups excluding carboxylic acids is 3. The summed E-state index contributed by atoms with van der Waals surface area (Å²) in [6.45, 7) is 2.15. The smallest absolute Gasteiger partial charge is 0.340 e. The van der Waals surface area contributed by atoms with E-state index in [1.54, 1.807) is 37.4 Å². The Bertz CT molecular complexity index is 1400. The summed E-state index contributed by atoms with van der Waals surface area (Å²) in [5, 5.41) is 7.65. The molecule has 2 aromatic carbocycles. The van der Waals surface area contributed by atoms with Gasteiger partial charge in [0.1, 0.15) is 6.61 Å². The molecular weight excluding hydrogens is 448 g/mol. The fraction of sp³-hybridized carbons (Fsp3) is 0.192. The van der Waals surface area contributed by atoms with Gasteiger partial charge in [0.05, 0.1) is 48.3 Å². The highest BCUT2D eigenvalue weighted by Gasteiger charge is 2.34. The van der Waals surface area contributed by atoms with Crippen LogP contribution in [0.3, 0.4) is 0 Å². The Balaban J connectivity index is 1.20. The Kier molecular flexibility index (Phi) is 6.07. The molecule has 3 heterocycles. The van der Waals surface area contributed by atoms with Gasteiger partial charge < -0.3 is 9.47 Å². The number of pyridine rings is 1. The van der Waals surface area contributed by atoms with Crippen molar-refractivity contribution in [3.8, 4) is 11.1 Å². The Hall–Kier alpha value is -4.37. The number of hydrogen-bond acceptors (Lipinski definition) is 7. The number of benzene rings is 2. The van der Waals surface area contributed by atoms with E-state index in [0.29, 0.717) is 33.6 Å². The Morgan fingerprint density at radius 1 is 0.943 bits per heavy atom. The van der Waals surface area contributed by atoms with E-state index < -0.39 is 5.97 Å². The van der Waals surface area contributed by atoms with Crippen LogP contribution in [0.2, 0.25) is 0 Å². The van der Waals surface area contributed by atoms with Crippen LogP contribution >= 0.6 is 0 Å². The van der Waals surface area contributed by atoms with Crippen LogP contribution in [0.5, 0.6) is 0 Å². The maximum atomic E-state index is 13.0. The van der Waals surface area contributed by atoms with E-state index in [4.69, 9.17) is 9.47 Å². The molecule has 0 saturated carbocycles. The molecule has 0 atom stereocenters. The predicted molar refractivity (Wildman–Crippen MR) is 127 cm³/mol. The van der Waals surface area contributed by atoms with Crippen LogP contribution in [0, 0.1) is 6.92 Å². The Morgan fingerprint density at radius 2 is 1.63 bits per heavy atom. The summed E-state index contributed by atoms with van der Waals surface area (Å²) in [4.78, 5) is 43.4. The van der Waals surface area contributed by atoms with Crippen molar-refractivity contribution in [2.45, 2.75) is 6.92 Å². The van der Waals surface area contributed by atoms with E-state index >= 15 is 0 Å². The van der Waals surface area contributed by atoms with Gasteiger partial charge in [-0.05, 0) is 24.6 Å². The average molecular weight is 470 g/mol. The highest BCUT2D eigenvalue weighted by molar-refractivity contribution is 6.21. The van der Waals surface area contributed by atoms with E-state index in [-0.39, 0.29) is 38.2 Å². The Morgan fingerprint density at radius 3 is 2.34 bits per heavy atom. The number of aromatic nitrogens is 3. The minimum atomic E-state index is -0.513. The van der Waals surface area contributed by atoms with Crippen LogP contribution < -0.4 is 0 Å². The number of fused-ring (bicyclic) bond motifs is 2. The summed E-state index contributed by atoms with van der Waals surface area (Å²) in [5.74, 6) is -1.17. The number of ether oxygens (including phenoxy) is 2. The molecule has 4 aromatic rings. The van der Waals surface area contributed by atoms with E-state index in [1.807, 2.05) is 30.3 Å².